The third-order valence-corrected chi connectivity index (χ3v) is 9.65. The lowest BCUT2D eigenvalue weighted by Gasteiger charge is -2.18. The summed E-state index contributed by atoms with van der Waals surface area (Å²) in [7, 11) is 0. The molecule has 0 N–H and O–H groups in total. The van der Waals surface area contributed by atoms with Crippen LogP contribution in [0.25, 0.3) is 77.2 Å². The molecular weight excluding hydrogens is 611 g/mol. The lowest BCUT2D eigenvalue weighted by molar-refractivity contribution is 1.18. The molecule has 230 valence electrons. The van der Waals surface area contributed by atoms with Crippen LogP contribution in [0.1, 0.15) is 16.7 Å². The largest absolute Gasteiger partial charge is 0.309 e. The van der Waals surface area contributed by atoms with Crippen LogP contribution >= 0.6 is 0 Å². The van der Waals surface area contributed by atoms with Crippen molar-refractivity contribution in [1.82, 2.24) is 9.13 Å². The summed E-state index contributed by atoms with van der Waals surface area (Å²) in [6.45, 7) is 0. The van der Waals surface area contributed by atoms with E-state index in [4.69, 9.17) is 0 Å². The van der Waals surface area contributed by atoms with Gasteiger partial charge < -0.3 is 9.13 Å². The number of fused-ring (bicyclic) bond motifs is 6. The van der Waals surface area contributed by atoms with Crippen LogP contribution in [0.3, 0.4) is 0 Å². The molecule has 0 amide bonds. The fourth-order valence-corrected chi connectivity index (χ4v) is 7.55. The van der Waals surface area contributed by atoms with Crippen LogP contribution in [-0.2, 0) is 0 Å². The van der Waals surface area contributed by atoms with Gasteiger partial charge in [-0.1, -0.05) is 84.9 Å². The second-order valence-electron chi connectivity index (χ2n) is 12.3. The summed E-state index contributed by atoms with van der Waals surface area (Å²) in [6.07, 6.45) is 0. The smallest absolute Gasteiger partial charge is 0.0998 e. The zero-order chi connectivity index (χ0) is 33.8. The number of rotatable bonds is 4. The molecule has 5 nitrogen and oxygen atoms in total. The van der Waals surface area contributed by atoms with Crippen molar-refractivity contribution in [1.29, 1.82) is 15.8 Å². The number of benzene rings is 7. The van der Waals surface area contributed by atoms with E-state index < -0.39 is 0 Å². The lowest BCUT2D eigenvalue weighted by Crippen LogP contribution is -1.99. The number of para-hydroxylation sites is 3. The van der Waals surface area contributed by atoms with E-state index >= 15 is 0 Å². The summed E-state index contributed by atoms with van der Waals surface area (Å²) in [5.41, 5.74) is 11.5. The zero-order valence-electron chi connectivity index (χ0n) is 26.7. The Balaban J connectivity index is 1.24. The van der Waals surface area contributed by atoms with Gasteiger partial charge in [-0.25, -0.2) is 0 Å². The van der Waals surface area contributed by atoms with Crippen LogP contribution in [0.15, 0.2) is 152 Å². The van der Waals surface area contributed by atoms with Gasteiger partial charge in [-0.05, 0) is 77.9 Å². The molecule has 0 atom stereocenters. The summed E-state index contributed by atoms with van der Waals surface area (Å²) in [6, 6.07) is 57.9. The molecule has 0 bridgehead atoms. The molecule has 0 saturated heterocycles. The maximum atomic E-state index is 10.4. The summed E-state index contributed by atoms with van der Waals surface area (Å²) in [5.74, 6) is 0. The van der Waals surface area contributed by atoms with Crippen LogP contribution in [0.5, 0.6) is 0 Å². The SMILES string of the molecule is N#Cc1ccc2c(c1)c1c(C#N)cccc1n2-c1ccc(-c2c(C#N)cccc2-c2ccccc2-n2c3ccccc3c3ccccc32)cc1. The van der Waals surface area contributed by atoms with Crippen molar-refractivity contribution in [3.05, 3.63) is 168 Å². The molecule has 2 heterocycles. The second kappa shape index (κ2) is 11.4. The van der Waals surface area contributed by atoms with Gasteiger partial charge in [0.2, 0.25) is 0 Å². The molecule has 7 aromatic carbocycles. The molecule has 2 aromatic heterocycles. The summed E-state index contributed by atoms with van der Waals surface area (Å²) < 4.78 is 4.45. The monoisotopic (exact) mass is 635 g/mol. The van der Waals surface area contributed by atoms with E-state index in [-0.39, 0.29) is 0 Å². The maximum Gasteiger partial charge on any atom is 0.0998 e. The van der Waals surface area contributed by atoms with Crippen molar-refractivity contribution in [3.8, 4) is 51.8 Å². The molecule has 0 aliphatic heterocycles. The Hall–Kier alpha value is -7.39. The molecule has 9 aromatic rings. The van der Waals surface area contributed by atoms with Gasteiger partial charge in [0.15, 0.2) is 0 Å². The molecule has 0 spiro atoms. The quantitative estimate of drug-likeness (QED) is 0.193. The van der Waals surface area contributed by atoms with Crippen molar-refractivity contribution in [3.63, 3.8) is 0 Å². The van der Waals surface area contributed by atoms with E-state index in [1.807, 2.05) is 54.6 Å². The Morgan fingerprint density at radius 3 is 1.74 bits per heavy atom. The molecule has 9 rings (SSSR count). The van der Waals surface area contributed by atoms with Gasteiger partial charge in [-0.2, -0.15) is 15.8 Å². The third-order valence-electron chi connectivity index (χ3n) is 9.65. The Bertz CT molecular complexity index is 2900. The average molecular weight is 636 g/mol. The van der Waals surface area contributed by atoms with Crippen LogP contribution in [-0.4, -0.2) is 9.13 Å². The molecule has 5 heteroatoms. The predicted molar refractivity (Wildman–Crippen MR) is 200 cm³/mol. The highest BCUT2D eigenvalue weighted by atomic mass is 15.0. The van der Waals surface area contributed by atoms with Gasteiger partial charge in [0.25, 0.3) is 0 Å². The van der Waals surface area contributed by atoms with Gasteiger partial charge in [0, 0.05) is 38.4 Å². The van der Waals surface area contributed by atoms with Crippen molar-refractivity contribution in [2.75, 3.05) is 0 Å². The molecule has 0 fully saturated rings. The Morgan fingerprint density at radius 1 is 0.420 bits per heavy atom. The zero-order valence-corrected chi connectivity index (χ0v) is 26.7. The first-order valence-corrected chi connectivity index (χ1v) is 16.3. The fourth-order valence-electron chi connectivity index (χ4n) is 7.55. The van der Waals surface area contributed by atoms with Crippen molar-refractivity contribution in [2.45, 2.75) is 0 Å². The van der Waals surface area contributed by atoms with Crippen LogP contribution in [0.2, 0.25) is 0 Å². The Labute approximate surface area is 287 Å². The van der Waals surface area contributed by atoms with E-state index in [2.05, 4.69) is 124 Å². The van der Waals surface area contributed by atoms with Crippen LogP contribution in [0, 0.1) is 34.0 Å². The summed E-state index contributed by atoms with van der Waals surface area (Å²) >= 11 is 0. The first kappa shape index (κ1) is 28.8. The molecule has 0 radical (unpaired) electrons. The number of aromatic nitrogens is 2. The van der Waals surface area contributed by atoms with Gasteiger partial charge >= 0.3 is 0 Å². The van der Waals surface area contributed by atoms with E-state index in [1.54, 1.807) is 0 Å². The minimum absolute atomic E-state index is 0.543. The number of hydrogen-bond donors (Lipinski definition) is 0. The first-order valence-electron chi connectivity index (χ1n) is 16.3. The molecule has 0 aliphatic carbocycles. The van der Waals surface area contributed by atoms with E-state index in [1.165, 1.54) is 10.8 Å². The van der Waals surface area contributed by atoms with Crippen LogP contribution < -0.4 is 0 Å². The molecule has 50 heavy (non-hydrogen) atoms. The standard InChI is InChI=1S/C45H25N5/c46-26-29-19-24-42-38(25-29)45-32(28-48)10-8-18-43(45)49(42)33-22-20-30(21-23-33)44-31(27-47)9-7-14-37(44)36-13-3-6-17-41(36)50-39-15-4-1-11-34(39)35-12-2-5-16-40(35)50/h1-25H. The Kier molecular flexibility index (Phi) is 6.56. The van der Waals surface area contributed by atoms with Crippen molar-refractivity contribution >= 4 is 43.6 Å². The summed E-state index contributed by atoms with van der Waals surface area (Å²) in [5, 5.41) is 34.1. The van der Waals surface area contributed by atoms with Crippen LogP contribution in [0.4, 0.5) is 0 Å². The minimum Gasteiger partial charge on any atom is -0.309 e. The highest BCUT2D eigenvalue weighted by Gasteiger charge is 2.20. The van der Waals surface area contributed by atoms with Crippen molar-refractivity contribution in [2.24, 2.45) is 0 Å². The first-order chi connectivity index (χ1) is 24.7. The van der Waals surface area contributed by atoms with Crippen molar-refractivity contribution < 1.29 is 0 Å². The van der Waals surface area contributed by atoms with Gasteiger partial charge in [-0.15, -0.1) is 0 Å². The van der Waals surface area contributed by atoms with Gasteiger partial charge in [-0.3, -0.25) is 0 Å². The molecule has 0 saturated carbocycles. The highest BCUT2D eigenvalue weighted by Crippen LogP contribution is 2.41. The number of nitriles is 3. The highest BCUT2D eigenvalue weighted by molar-refractivity contribution is 6.12. The van der Waals surface area contributed by atoms with E-state index in [9.17, 15) is 15.8 Å². The minimum atomic E-state index is 0.543. The predicted octanol–water partition coefficient (Wildman–Crippen LogP) is 10.8. The normalized spacial score (nSPS) is 11.1. The Morgan fingerprint density at radius 2 is 1.02 bits per heavy atom. The topological polar surface area (TPSA) is 81.2 Å². The van der Waals surface area contributed by atoms with E-state index in [0.717, 1.165) is 66.5 Å². The fraction of sp³-hybridized carbons (Fsp3) is 0. The molecule has 0 aliphatic rings. The third kappa shape index (κ3) is 4.24. The second-order valence-corrected chi connectivity index (χ2v) is 12.3. The van der Waals surface area contributed by atoms with E-state index in [0.29, 0.717) is 16.7 Å². The average Bonchev–Trinajstić information content (AvgIpc) is 3.70. The number of nitrogens with zero attached hydrogens (tertiary/aromatic N) is 5. The molecular formula is C45H25N5. The maximum absolute atomic E-state index is 10.4. The van der Waals surface area contributed by atoms with Gasteiger partial charge in [0.05, 0.1) is 62.7 Å². The number of hydrogen-bond acceptors (Lipinski definition) is 3. The van der Waals surface area contributed by atoms with Gasteiger partial charge in [0.1, 0.15) is 0 Å². The summed E-state index contributed by atoms with van der Waals surface area (Å²) in [4.78, 5) is 0. The lowest BCUT2D eigenvalue weighted by atomic mass is 9.90. The molecule has 0 unspecified atom stereocenters.